The number of fused-ring (bicyclic) bond motifs is 1. The van der Waals surface area contributed by atoms with Crippen LogP contribution in [0.15, 0.2) is 18.2 Å². The van der Waals surface area contributed by atoms with Gasteiger partial charge in [-0.05, 0) is 12.5 Å². The zero-order valence-electron chi connectivity index (χ0n) is 8.36. The Morgan fingerprint density at radius 2 is 2.29 bits per heavy atom. The zero-order valence-corrected chi connectivity index (χ0v) is 8.36. The second-order valence-electron chi connectivity index (χ2n) is 3.39. The minimum absolute atomic E-state index is 0.138. The minimum Gasteiger partial charge on any atom is -0.493 e. The van der Waals surface area contributed by atoms with Gasteiger partial charge in [-0.2, -0.15) is 0 Å². The molecule has 1 heterocycles. The highest BCUT2D eigenvalue weighted by molar-refractivity contribution is 5.50. The first-order chi connectivity index (χ1) is 6.77. The molecule has 0 aliphatic carbocycles. The van der Waals surface area contributed by atoms with Gasteiger partial charge < -0.3 is 14.6 Å². The van der Waals surface area contributed by atoms with Crippen LogP contribution in [0.4, 0.5) is 0 Å². The van der Waals surface area contributed by atoms with E-state index in [1.165, 1.54) is 0 Å². The van der Waals surface area contributed by atoms with Gasteiger partial charge in [0.1, 0.15) is 12.2 Å². The van der Waals surface area contributed by atoms with E-state index < -0.39 is 6.10 Å². The molecule has 14 heavy (non-hydrogen) atoms. The van der Waals surface area contributed by atoms with E-state index in [0.717, 1.165) is 12.0 Å². The lowest BCUT2D eigenvalue weighted by atomic mass is 10.1. The van der Waals surface area contributed by atoms with Crippen molar-refractivity contribution in [1.29, 1.82) is 0 Å². The second-order valence-corrected chi connectivity index (χ2v) is 3.39. The van der Waals surface area contributed by atoms with Gasteiger partial charge >= 0.3 is 0 Å². The van der Waals surface area contributed by atoms with Crippen LogP contribution >= 0.6 is 0 Å². The highest BCUT2D eigenvalue weighted by atomic mass is 16.5. The van der Waals surface area contributed by atoms with Crippen LogP contribution in [-0.2, 0) is 0 Å². The van der Waals surface area contributed by atoms with Crippen LogP contribution in [0.3, 0.4) is 0 Å². The van der Waals surface area contributed by atoms with E-state index in [0.29, 0.717) is 11.5 Å². The Hall–Kier alpha value is -1.22. The van der Waals surface area contributed by atoms with E-state index in [2.05, 4.69) is 0 Å². The summed E-state index contributed by atoms with van der Waals surface area (Å²) in [5.74, 6) is 1.38. The summed E-state index contributed by atoms with van der Waals surface area (Å²) in [6.07, 6.45) is 0.130. The van der Waals surface area contributed by atoms with E-state index in [-0.39, 0.29) is 6.10 Å². The number of rotatable bonds is 2. The van der Waals surface area contributed by atoms with E-state index in [9.17, 15) is 5.11 Å². The quantitative estimate of drug-likeness (QED) is 0.781. The maximum Gasteiger partial charge on any atom is 0.167 e. The lowest BCUT2D eigenvalue weighted by Gasteiger charge is -2.11. The average molecular weight is 194 g/mol. The number of para-hydroxylation sites is 1. The Morgan fingerprint density at radius 1 is 1.50 bits per heavy atom. The van der Waals surface area contributed by atoms with Crippen molar-refractivity contribution in [2.24, 2.45) is 0 Å². The number of benzene rings is 1. The molecular formula is C11H14O3. The van der Waals surface area contributed by atoms with Crippen molar-refractivity contribution in [2.45, 2.75) is 25.6 Å². The molecule has 2 rings (SSSR count). The van der Waals surface area contributed by atoms with Crippen LogP contribution in [-0.4, -0.2) is 18.3 Å². The maximum absolute atomic E-state index is 9.88. The minimum atomic E-state index is -0.523. The summed E-state index contributed by atoms with van der Waals surface area (Å²) in [6.45, 7) is 1.99. The Kier molecular flexibility index (Phi) is 2.33. The molecule has 0 spiro atoms. The van der Waals surface area contributed by atoms with Crippen molar-refractivity contribution in [3.05, 3.63) is 23.8 Å². The Morgan fingerprint density at radius 3 is 2.93 bits per heavy atom. The van der Waals surface area contributed by atoms with Gasteiger partial charge in [-0.15, -0.1) is 0 Å². The highest BCUT2D eigenvalue weighted by Crippen LogP contribution is 2.43. The van der Waals surface area contributed by atoms with Crippen LogP contribution < -0.4 is 9.47 Å². The normalized spacial score (nSPS) is 24.2. The van der Waals surface area contributed by atoms with Crippen molar-refractivity contribution in [1.82, 2.24) is 0 Å². The highest BCUT2D eigenvalue weighted by Gasteiger charge is 2.33. The van der Waals surface area contributed by atoms with E-state index in [1.807, 2.05) is 25.1 Å². The molecule has 76 valence electrons. The zero-order chi connectivity index (χ0) is 10.1. The van der Waals surface area contributed by atoms with E-state index >= 15 is 0 Å². The standard InChI is InChI=1S/C11H14O3/c1-3-8-10(12)7-5-4-6-9(13-2)11(7)14-8/h4-6,8,10,12H,3H2,1-2H3. The van der Waals surface area contributed by atoms with Gasteiger partial charge in [0.05, 0.1) is 7.11 Å². The summed E-state index contributed by atoms with van der Waals surface area (Å²) in [4.78, 5) is 0. The van der Waals surface area contributed by atoms with Crippen molar-refractivity contribution in [3.63, 3.8) is 0 Å². The number of hydrogen-bond donors (Lipinski definition) is 1. The molecule has 0 fully saturated rings. The van der Waals surface area contributed by atoms with Crippen LogP contribution in [0.2, 0.25) is 0 Å². The first-order valence-corrected chi connectivity index (χ1v) is 4.79. The van der Waals surface area contributed by atoms with E-state index in [4.69, 9.17) is 9.47 Å². The van der Waals surface area contributed by atoms with Crippen molar-refractivity contribution in [3.8, 4) is 11.5 Å². The van der Waals surface area contributed by atoms with Gasteiger partial charge in [-0.25, -0.2) is 0 Å². The largest absolute Gasteiger partial charge is 0.493 e. The first-order valence-electron chi connectivity index (χ1n) is 4.79. The molecule has 2 atom stereocenters. The van der Waals surface area contributed by atoms with Crippen molar-refractivity contribution >= 4 is 0 Å². The van der Waals surface area contributed by atoms with Gasteiger partial charge in [-0.1, -0.05) is 19.1 Å². The predicted molar refractivity (Wildman–Crippen MR) is 52.7 cm³/mol. The number of hydrogen-bond acceptors (Lipinski definition) is 3. The van der Waals surface area contributed by atoms with E-state index in [1.54, 1.807) is 7.11 Å². The maximum atomic E-state index is 9.88. The molecule has 1 aliphatic heterocycles. The molecule has 2 unspecified atom stereocenters. The third-order valence-electron chi connectivity index (χ3n) is 2.57. The number of methoxy groups -OCH3 is 1. The summed E-state index contributed by atoms with van der Waals surface area (Å²) in [5, 5.41) is 9.88. The molecule has 3 heteroatoms. The summed E-state index contributed by atoms with van der Waals surface area (Å²) in [5.41, 5.74) is 0.830. The lowest BCUT2D eigenvalue weighted by molar-refractivity contribution is 0.0644. The Balaban J connectivity index is 2.42. The van der Waals surface area contributed by atoms with Crippen molar-refractivity contribution < 1.29 is 14.6 Å². The molecular weight excluding hydrogens is 180 g/mol. The number of ether oxygens (including phenoxy) is 2. The summed E-state index contributed by atoms with van der Waals surface area (Å²) in [6, 6.07) is 5.57. The molecule has 0 radical (unpaired) electrons. The summed E-state index contributed by atoms with van der Waals surface area (Å²) < 4.78 is 10.8. The van der Waals surface area contributed by atoms with Crippen molar-refractivity contribution in [2.75, 3.05) is 7.11 Å². The lowest BCUT2D eigenvalue weighted by Crippen LogP contribution is -2.16. The van der Waals surface area contributed by atoms with Crippen LogP contribution in [0, 0.1) is 0 Å². The smallest absolute Gasteiger partial charge is 0.167 e. The molecule has 1 aromatic rings. The van der Waals surface area contributed by atoms with Crippen LogP contribution in [0.25, 0.3) is 0 Å². The summed E-state index contributed by atoms with van der Waals surface area (Å²) in [7, 11) is 1.60. The van der Waals surface area contributed by atoms with Gasteiger partial charge in [0.2, 0.25) is 0 Å². The molecule has 1 N–H and O–H groups in total. The fraction of sp³-hybridized carbons (Fsp3) is 0.455. The molecule has 0 bridgehead atoms. The van der Waals surface area contributed by atoms with Gasteiger partial charge in [0, 0.05) is 5.56 Å². The van der Waals surface area contributed by atoms with Gasteiger partial charge in [0.15, 0.2) is 11.5 Å². The molecule has 0 saturated carbocycles. The third-order valence-corrected chi connectivity index (χ3v) is 2.57. The fourth-order valence-electron chi connectivity index (χ4n) is 1.78. The molecule has 1 aliphatic rings. The molecule has 0 aromatic heterocycles. The third kappa shape index (κ3) is 1.24. The fourth-order valence-corrected chi connectivity index (χ4v) is 1.78. The van der Waals surface area contributed by atoms with Crippen LogP contribution in [0.1, 0.15) is 25.0 Å². The second kappa shape index (κ2) is 3.50. The first kappa shape index (κ1) is 9.34. The predicted octanol–water partition coefficient (Wildman–Crippen LogP) is 1.90. The number of aliphatic hydroxyl groups is 1. The Labute approximate surface area is 83.3 Å². The number of aliphatic hydroxyl groups excluding tert-OH is 1. The average Bonchev–Trinajstić information content (AvgIpc) is 2.55. The summed E-state index contributed by atoms with van der Waals surface area (Å²) >= 11 is 0. The SMILES string of the molecule is CCC1Oc2c(OC)cccc2C1O. The molecule has 3 nitrogen and oxygen atoms in total. The Bertz CT molecular complexity index is 335. The molecule has 0 saturated heterocycles. The topological polar surface area (TPSA) is 38.7 Å². The molecule has 1 aromatic carbocycles. The van der Waals surface area contributed by atoms with Crippen LogP contribution in [0.5, 0.6) is 11.5 Å². The van der Waals surface area contributed by atoms with Gasteiger partial charge in [-0.3, -0.25) is 0 Å². The monoisotopic (exact) mass is 194 g/mol. The molecule has 0 amide bonds. The van der Waals surface area contributed by atoms with Gasteiger partial charge in [0.25, 0.3) is 0 Å².